The fourth-order valence-corrected chi connectivity index (χ4v) is 3.03. The van der Waals surface area contributed by atoms with E-state index in [9.17, 15) is 9.59 Å². The van der Waals surface area contributed by atoms with E-state index in [1.165, 1.54) is 18.4 Å². The summed E-state index contributed by atoms with van der Waals surface area (Å²) in [6, 6.07) is 0. The van der Waals surface area contributed by atoms with Gasteiger partial charge in [-0.3, -0.25) is 9.59 Å². The minimum absolute atomic E-state index is 0.0158. The second-order valence-electron chi connectivity index (χ2n) is 5.09. The number of hydrogen-bond donors (Lipinski definition) is 1. The Morgan fingerprint density at radius 1 is 1.52 bits per heavy atom. The first kappa shape index (κ1) is 15.7. The van der Waals surface area contributed by atoms with Gasteiger partial charge in [-0.25, -0.2) is 4.98 Å². The smallest absolute Gasteiger partial charge is 0.305 e. The molecule has 1 aromatic heterocycles. The van der Waals surface area contributed by atoms with Crippen LogP contribution in [0, 0.1) is 5.92 Å². The third-order valence-electron chi connectivity index (χ3n) is 3.40. The Kier molecular flexibility index (Phi) is 5.92. The van der Waals surface area contributed by atoms with Crippen LogP contribution in [0.3, 0.4) is 0 Å². The van der Waals surface area contributed by atoms with Crippen LogP contribution >= 0.6 is 11.3 Å². The second-order valence-corrected chi connectivity index (χ2v) is 5.95. The number of nitrogens with one attached hydrogen (secondary N) is 1. The molecule has 6 heteroatoms. The molecule has 114 valence electrons. The Morgan fingerprint density at radius 3 is 3.10 bits per heavy atom. The molecule has 0 bridgehead atoms. The van der Waals surface area contributed by atoms with Gasteiger partial charge >= 0.3 is 5.97 Å². The Hall–Kier alpha value is -1.69. The van der Waals surface area contributed by atoms with Crippen LogP contribution in [0.4, 0.5) is 5.13 Å². The number of anilines is 1. The summed E-state index contributed by atoms with van der Waals surface area (Å²) in [6.45, 7) is 0. The van der Waals surface area contributed by atoms with Gasteiger partial charge in [0.25, 0.3) is 0 Å². The average Bonchev–Trinajstić information content (AvgIpc) is 3.10. The summed E-state index contributed by atoms with van der Waals surface area (Å²) in [4.78, 5) is 27.3. The molecule has 0 saturated heterocycles. The first-order valence-electron chi connectivity index (χ1n) is 7.15. The minimum atomic E-state index is -0.205. The van der Waals surface area contributed by atoms with Crippen molar-refractivity contribution in [2.75, 3.05) is 12.4 Å². The predicted octanol–water partition coefficient (Wildman–Crippen LogP) is 2.93. The van der Waals surface area contributed by atoms with Crippen molar-refractivity contribution < 1.29 is 14.3 Å². The van der Waals surface area contributed by atoms with E-state index in [2.05, 4.69) is 27.2 Å². The summed E-state index contributed by atoms with van der Waals surface area (Å²) in [7, 11) is 1.39. The lowest BCUT2D eigenvalue weighted by Crippen LogP contribution is -2.14. The quantitative estimate of drug-likeness (QED) is 0.621. The van der Waals surface area contributed by atoms with Gasteiger partial charge in [0.2, 0.25) is 5.91 Å². The molecule has 0 aromatic carbocycles. The van der Waals surface area contributed by atoms with E-state index in [-0.39, 0.29) is 11.9 Å². The summed E-state index contributed by atoms with van der Waals surface area (Å²) in [5.41, 5.74) is 0.903. The maximum Gasteiger partial charge on any atom is 0.305 e. The van der Waals surface area contributed by atoms with E-state index in [1.54, 1.807) is 0 Å². The molecule has 1 aliphatic rings. The van der Waals surface area contributed by atoms with Gasteiger partial charge in [0.15, 0.2) is 5.13 Å². The predicted molar refractivity (Wildman–Crippen MR) is 82.2 cm³/mol. The summed E-state index contributed by atoms with van der Waals surface area (Å²) in [5, 5.41) is 5.40. The molecular formula is C15H20N2O3S. The number of carbonyl (C=O) groups excluding carboxylic acids is 2. The number of amides is 1. The van der Waals surface area contributed by atoms with Gasteiger partial charge in [-0.1, -0.05) is 12.2 Å². The van der Waals surface area contributed by atoms with Crippen LogP contribution in [0.25, 0.3) is 0 Å². The molecule has 1 N–H and O–H groups in total. The molecule has 0 spiro atoms. The molecule has 1 amide bonds. The normalized spacial score (nSPS) is 16.9. The zero-order chi connectivity index (χ0) is 15.1. The monoisotopic (exact) mass is 308 g/mol. The number of aromatic nitrogens is 1. The Morgan fingerprint density at radius 2 is 2.38 bits per heavy atom. The Labute approximate surface area is 128 Å². The van der Waals surface area contributed by atoms with E-state index in [0.29, 0.717) is 36.7 Å². The van der Waals surface area contributed by atoms with Crippen molar-refractivity contribution in [3.63, 3.8) is 0 Å². The molecule has 5 nitrogen and oxygen atoms in total. The van der Waals surface area contributed by atoms with Crippen molar-refractivity contribution in [2.45, 2.75) is 38.5 Å². The molecule has 1 atom stereocenters. The standard InChI is InChI=1S/C15H20N2O3S/c1-20-14(19)8-4-7-12-10-21-15(16-12)17-13(18)9-11-5-2-3-6-11/h2,5,10-11H,3-4,6-9H2,1H3,(H,16,17,18). The highest BCUT2D eigenvalue weighted by atomic mass is 32.1. The van der Waals surface area contributed by atoms with Crippen LogP contribution in [-0.2, 0) is 20.7 Å². The first-order valence-corrected chi connectivity index (χ1v) is 8.03. The van der Waals surface area contributed by atoms with Gasteiger partial charge in [0, 0.05) is 18.2 Å². The molecule has 0 saturated carbocycles. The number of nitrogens with zero attached hydrogens (tertiary/aromatic N) is 1. The maximum absolute atomic E-state index is 11.9. The lowest BCUT2D eigenvalue weighted by molar-refractivity contribution is -0.140. The number of carbonyl (C=O) groups is 2. The summed E-state index contributed by atoms with van der Waals surface area (Å²) >= 11 is 1.42. The molecular weight excluding hydrogens is 288 g/mol. The SMILES string of the molecule is COC(=O)CCCc1csc(NC(=O)CC2C=CCC2)n1. The zero-order valence-corrected chi connectivity index (χ0v) is 12.9. The highest BCUT2D eigenvalue weighted by Crippen LogP contribution is 2.22. The number of rotatable bonds is 7. The molecule has 1 unspecified atom stereocenters. The fraction of sp³-hybridized carbons (Fsp3) is 0.533. The highest BCUT2D eigenvalue weighted by Gasteiger charge is 2.15. The minimum Gasteiger partial charge on any atom is -0.469 e. The maximum atomic E-state index is 11.9. The average molecular weight is 308 g/mol. The fourth-order valence-electron chi connectivity index (χ4n) is 2.27. The summed E-state index contributed by atoms with van der Waals surface area (Å²) in [5.74, 6) is 0.176. The van der Waals surface area contributed by atoms with Crippen LogP contribution in [0.2, 0.25) is 0 Å². The van der Waals surface area contributed by atoms with Crippen LogP contribution in [-0.4, -0.2) is 24.0 Å². The number of aryl methyl sites for hydroxylation is 1. The van der Waals surface area contributed by atoms with Crippen molar-refractivity contribution in [3.05, 3.63) is 23.2 Å². The first-order chi connectivity index (χ1) is 10.2. The van der Waals surface area contributed by atoms with Crippen LogP contribution in [0.15, 0.2) is 17.5 Å². The van der Waals surface area contributed by atoms with Gasteiger partial charge in [-0.2, -0.15) is 0 Å². The molecule has 1 aromatic rings. The topological polar surface area (TPSA) is 68.3 Å². The number of allylic oxidation sites excluding steroid dienone is 2. The molecule has 1 aliphatic carbocycles. The van der Waals surface area contributed by atoms with Crippen LogP contribution in [0.1, 0.15) is 37.8 Å². The third-order valence-corrected chi connectivity index (χ3v) is 4.21. The van der Waals surface area contributed by atoms with Gasteiger partial charge < -0.3 is 10.1 Å². The lowest BCUT2D eigenvalue weighted by atomic mass is 10.1. The van der Waals surface area contributed by atoms with E-state index in [1.807, 2.05) is 5.38 Å². The number of esters is 1. The van der Waals surface area contributed by atoms with Crippen LogP contribution < -0.4 is 5.32 Å². The van der Waals surface area contributed by atoms with Crippen LogP contribution in [0.5, 0.6) is 0 Å². The molecule has 2 rings (SSSR count). The lowest BCUT2D eigenvalue weighted by Gasteiger charge is -2.06. The van der Waals surface area contributed by atoms with E-state index in [4.69, 9.17) is 0 Å². The second kappa shape index (κ2) is 7.93. The summed E-state index contributed by atoms with van der Waals surface area (Å²) in [6.07, 6.45) is 8.70. The number of hydrogen-bond acceptors (Lipinski definition) is 5. The molecule has 0 fully saturated rings. The molecule has 21 heavy (non-hydrogen) atoms. The van der Waals surface area contributed by atoms with Gasteiger partial charge in [-0.05, 0) is 31.6 Å². The van der Waals surface area contributed by atoms with Crippen molar-refractivity contribution in [3.8, 4) is 0 Å². The molecule has 0 radical (unpaired) electrons. The Balaban J connectivity index is 1.73. The largest absolute Gasteiger partial charge is 0.469 e. The number of methoxy groups -OCH3 is 1. The van der Waals surface area contributed by atoms with Crippen molar-refractivity contribution >= 4 is 28.3 Å². The van der Waals surface area contributed by atoms with E-state index >= 15 is 0 Å². The van der Waals surface area contributed by atoms with Crippen molar-refractivity contribution in [1.29, 1.82) is 0 Å². The number of ether oxygens (including phenoxy) is 1. The summed E-state index contributed by atoms with van der Waals surface area (Å²) < 4.78 is 4.59. The van der Waals surface area contributed by atoms with Gasteiger partial charge in [0.1, 0.15) is 0 Å². The van der Waals surface area contributed by atoms with Crippen molar-refractivity contribution in [2.24, 2.45) is 5.92 Å². The van der Waals surface area contributed by atoms with Gasteiger partial charge in [0.05, 0.1) is 12.8 Å². The van der Waals surface area contributed by atoms with Crippen molar-refractivity contribution in [1.82, 2.24) is 4.98 Å². The van der Waals surface area contributed by atoms with E-state index < -0.39 is 0 Å². The van der Waals surface area contributed by atoms with E-state index in [0.717, 1.165) is 18.5 Å². The number of thiazole rings is 1. The van der Waals surface area contributed by atoms with Gasteiger partial charge in [-0.15, -0.1) is 11.3 Å². The molecule has 1 heterocycles. The zero-order valence-electron chi connectivity index (χ0n) is 12.1. The Bertz CT molecular complexity index is 525. The third kappa shape index (κ3) is 5.30. The molecule has 0 aliphatic heterocycles. The highest BCUT2D eigenvalue weighted by molar-refractivity contribution is 7.13.